The molecule has 5 aromatic carbocycles. The van der Waals surface area contributed by atoms with Crippen LogP contribution in [0.1, 0.15) is 0 Å². The molecule has 0 atom stereocenters. The molecule has 2 aromatic heterocycles. The van der Waals surface area contributed by atoms with Crippen LogP contribution < -0.4 is 5.73 Å². The molecule has 7 aromatic rings. The van der Waals surface area contributed by atoms with Gasteiger partial charge in [0.2, 0.25) is 0 Å². The van der Waals surface area contributed by atoms with E-state index in [1.165, 1.54) is 0 Å². The summed E-state index contributed by atoms with van der Waals surface area (Å²) in [6.45, 7) is 0. The first-order valence-corrected chi connectivity index (χ1v) is 11.6. The first-order valence-electron chi connectivity index (χ1n) is 11.6. The summed E-state index contributed by atoms with van der Waals surface area (Å²) in [5.74, 6) is 0.813. The van der Waals surface area contributed by atoms with Gasteiger partial charge in [-0.1, -0.05) is 78.9 Å². The number of imidazole rings is 1. The molecule has 7 rings (SSSR count). The molecule has 0 aliphatic rings. The van der Waals surface area contributed by atoms with Crippen molar-refractivity contribution in [3.8, 4) is 28.2 Å². The molecule has 0 amide bonds. The minimum Gasteiger partial charge on any atom is -0.455 e. The maximum Gasteiger partial charge on any atom is 0.147 e. The summed E-state index contributed by atoms with van der Waals surface area (Å²) in [6, 6.07) is 39.0. The molecule has 0 aliphatic carbocycles. The lowest BCUT2D eigenvalue weighted by atomic mass is 10.0. The molecule has 166 valence electrons. The van der Waals surface area contributed by atoms with Crippen LogP contribution in [0.3, 0.4) is 0 Å². The van der Waals surface area contributed by atoms with Gasteiger partial charge in [0.05, 0.1) is 11.0 Å². The number of fused-ring (bicyclic) bond motifs is 4. The zero-order valence-corrected chi connectivity index (χ0v) is 18.8. The van der Waals surface area contributed by atoms with Crippen molar-refractivity contribution >= 4 is 38.7 Å². The Hall–Kier alpha value is -4.83. The van der Waals surface area contributed by atoms with Gasteiger partial charge < -0.3 is 10.2 Å². The summed E-state index contributed by atoms with van der Waals surface area (Å²) >= 11 is 0. The van der Waals surface area contributed by atoms with E-state index in [9.17, 15) is 0 Å². The van der Waals surface area contributed by atoms with Gasteiger partial charge in [-0.05, 0) is 36.4 Å². The predicted molar refractivity (Wildman–Crippen MR) is 144 cm³/mol. The van der Waals surface area contributed by atoms with Crippen LogP contribution in [0.2, 0.25) is 0 Å². The van der Waals surface area contributed by atoms with Crippen LogP contribution >= 0.6 is 0 Å². The minimum absolute atomic E-state index is 0.695. The third-order valence-electron chi connectivity index (χ3n) is 6.60. The fourth-order valence-electron chi connectivity index (χ4n) is 5.00. The topological polar surface area (TPSA) is 57.0 Å². The van der Waals surface area contributed by atoms with E-state index in [4.69, 9.17) is 15.1 Å². The summed E-state index contributed by atoms with van der Waals surface area (Å²) in [5, 5.41) is 2.22. The molecular weight excluding hydrogens is 430 g/mol. The van der Waals surface area contributed by atoms with E-state index in [1.54, 1.807) is 0 Å². The standard InChI is InChI=1S/C31H21N3O/c32-26-17-6-4-13-25(26)31-33-29-22(14-9-18-27(29)34(31)20-10-2-1-3-11-20)24-16-8-15-23-21-12-5-7-19-28(21)35-30(23)24/h1-19H,32H2. The Balaban J connectivity index is 1.58. The third kappa shape index (κ3) is 2.97. The van der Waals surface area contributed by atoms with Gasteiger partial charge in [-0.15, -0.1) is 0 Å². The van der Waals surface area contributed by atoms with Gasteiger partial charge in [0.15, 0.2) is 0 Å². The van der Waals surface area contributed by atoms with Crippen LogP contribution in [0, 0.1) is 0 Å². The van der Waals surface area contributed by atoms with Crippen LogP contribution in [0.5, 0.6) is 0 Å². The second-order valence-corrected chi connectivity index (χ2v) is 8.65. The largest absolute Gasteiger partial charge is 0.455 e. The second-order valence-electron chi connectivity index (χ2n) is 8.65. The Morgan fingerprint density at radius 3 is 2.17 bits per heavy atom. The van der Waals surface area contributed by atoms with Gasteiger partial charge in [0.1, 0.15) is 17.0 Å². The Morgan fingerprint density at radius 2 is 1.29 bits per heavy atom. The van der Waals surface area contributed by atoms with E-state index in [0.717, 1.165) is 61.2 Å². The fraction of sp³-hybridized carbons (Fsp3) is 0. The molecule has 0 aliphatic heterocycles. The van der Waals surface area contributed by atoms with Gasteiger partial charge >= 0.3 is 0 Å². The maximum absolute atomic E-state index is 6.42. The lowest BCUT2D eigenvalue weighted by Crippen LogP contribution is -1.99. The zero-order valence-electron chi connectivity index (χ0n) is 18.8. The number of para-hydroxylation sites is 5. The molecule has 0 saturated carbocycles. The molecule has 0 bridgehead atoms. The molecule has 35 heavy (non-hydrogen) atoms. The highest BCUT2D eigenvalue weighted by Gasteiger charge is 2.20. The summed E-state index contributed by atoms with van der Waals surface area (Å²) < 4.78 is 8.54. The zero-order chi connectivity index (χ0) is 23.4. The molecular formula is C31H21N3O. The van der Waals surface area contributed by atoms with Crippen molar-refractivity contribution in [1.82, 2.24) is 9.55 Å². The van der Waals surface area contributed by atoms with Crippen LogP contribution in [0.15, 0.2) is 120 Å². The van der Waals surface area contributed by atoms with Crippen molar-refractivity contribution in [2.45, 2.75) is 0 Å². The Morgan fingerprint density at radius 1 is 0.600 bits per heavy atom. The number of hydrogen-bond acceptors (Lipinski definition) is 3. The van der Waals surface area contributed by atoms with E-state index in [1.807, 2.05) is 60.7 Å². The number of furan rings is 1. The highest BCUT2D eigenvalue weighted by molar-refractivity contribution is 6.11. The summed E-state index contributed by atoms with van der Waals surface area (Å²) in [7, 11) is 0. The van der Waals surface area contributed by atoms with E-state index >= 15 is 0 Å². The van der Waals surface area contributed by atoms with Gasteiger partial charge in [-0.3, -0.25) is 4.57 Å². The third-order valence-corrected chi connectivity index (χ3v) is 6.60. The number of hydrogen-bond donors (Lipinski definition) is 1. The van der Waals surface area contributed by atoms with E-state index in [0.29, 0.717) is 5.69 Å². The van der Waals surface area contributed by atoms with Crippen molar-refractivity contribution in [3.63, 3.8) is 0 Å². The average molecular weight is 452 g/mol. The number of rotatable bonds is 3. The van der Waals surface area contributed by atoms with E-state index in [-0.39, 0.29) is 0 Å². The van der Waals surface area contributed by atoms with Crippen LogP contribution in [0.25, 0.3) is 61.2 Å². The molecule has 4 nitrogen and oxygen atoms in total. The Bertz CT molecular complexity index is 1860. The highest BCUT2D eigenvalue weighted by Crippen LogP contribution is 2.40. The minimum atomic E-state index is 0.695. The summed E-state index contributed by atoms with van der Waals surface area (Å²) in [6.07, 6.45) is 0. The van der Waals surface area contributed by atoms with Crippen molar-refractivity contribution < 1.29 is 4.42 Å². The maximum atomic E-state index is 6.42. The number of nitrogen functional groups attached to an aromatic ring is 1. The molecule has 4 heteroatoms. The number of anilines is 1. The summed E-state index contributed by atoms with van der Waals surface area (Å²) in [4.78, 5) is 5.20. The second kappa shape index (κ2) is 7.61. The molecule has 0 spiro atoms. The average Bonchev–Trinajstić information content (AvgIpc) is 3.48. The van der Waals surface area contributed by atoms with E-state index in [2.05, 4.69) is 59.2 Å². The van der Waals surface area contributed by atoms with Crippen molar-refractivity contribution in [3.05, 3.63) is 115 Å². The Labute approximate surface area is 201 Å². The molecule has 2 heterocycles. The quantitative estimate of drug-likeness (QED) is 0.278. The van der Waals surface area contributed by atoms with Crippen LogP contribution in [-0.4, -0.2) is 9.55 Å². The lowest BCUT2D eigenvalue weighted by molar-refractivity contribution is 0.670. The van der Waals surface area contributed by atoms with Crippen molar-refractivity contribution in [2.75, 3.05) is 5.73 Å². The molecule has 2 N–H and O–H groups in total. The van der Waals surface area contributed by atoms with Crippen LogP contribution in [0.4, 0.5) is 5.69 Å². The Kier molecular flexibility index (Phi) is 4.26. The molecule has 0 radical (unpaired) electrons. The molecule has 0 fully saturated rings. The van der Waals surface area contributed by atoms with Crippen LogP contribution in [-0.2, 0) is 0 Å². The lowest BCUT2D eigenvalue weighted by Gasteiger charge is -2.11. The molecule has 0 saturated heterocycles. The monoisotopic (exact) mass is 451 g/mol. The van der Waals surface area contributed by atoms with E-state index < -0.39 is 0 Å². The first kappa shape index (κ1) is 19.6. The van der Waals surface area contributed by atoms with Crippen molar-refractivity contribution in [1.29, 1.82) is 0 Å². The number of benzene rings is 5. The first-order chi connectivity index (χ1) is 17.3. The van der Waals surface area contributed by atoms with Crippen molar-refractivity contribution in [2.24, 2.45) is 0 Å². The van der Waals surface area contributed by atoms with Gasteiger partial charge in [0, 0.05) is 38.8 Å². The fourth-order valence-corrected chi connectivity index (χ4v) is 5.00. The number of aromatic nitrogens is 2. The highest BCUT2D eigenvalue weighted by atomic mass is 16.3. The number of nitrogens with two attached hydrogens (primary N) is 1. The predicted octanol–water partition coefficient (Wildman–Crippen LogP) is 7.84. The number of nitrogens with zero attached hydrogens (tertiary/aromatic N) is 2. The summed E-state index contributed by atoms with van der Waals surface area (Å²) in [5.41, 5.74) is 14.8. The van der Waals surface area contributed by atoms with Gasteiger partial charge in [-0.25, -0.2) is 4.98 Å². The van der Waals surface area contributed by atoms with Gasteiger partial charge in [0.25, 0.3) is 0 Å². The smallest absolute Gasteiger partial charge is 0.147 e. The SMILES string of the molecule is Nc1ccccc1-c1nc2c(-c3cccc4c3oc3ccccc34)cccc2n1-c1ccccc1. The molecule has 0 unspecified atom stereocenters. The normalized spacial score (nSPS) is 11.5. The van der Waals surface area contributed by atoms with Gasteiger partial charge in [-0.2, -0.15) is 0 Å².